The van der Waals surface area contributed by atoms with Crippen molar-refractivity contribution >= 4 is 17.3 Å². The number of rotatable bonds is 3. The molecule has 0 radical (unpaired) electrons. The lowest BCUT2D eigenvalue weighted by Crippen LogP contribution is -2.34. The predicted molar refractivity (Wildman–Crippen MR) is 120 cm³/mol. The second kappa shape index (κ2) is 6.17. The maximum Gasteiger partial charge on any atom is 0.243 e. The zero-order chi connectivity index (χ0) is 20.2. The number of fused-ring (bicyclic) bond motifs is 2. The van der Waals surface area contributed by atoms with E-state index in [1.165, 1.54) is 11.1 Å². The third-order valence-electron chi connectivity index (χ3n) is 6.85. The summed E-state index contributed by atoms with van der Waals surface area (Å²) in [6, 6.07) is 39.4. The van der Waals surface area contributed by atoms with Crippen molar-refractivity contribution in [3.63, 3.8) is 0 Å². The Hall–Kier alpha value is -3.65. The summed E-state index contributed by atoms with van der Waals surface area (Å²) in [4.78, 5) is 16.2. The average Bonchev–Trinajstić information content (AvgIpc) is 3.47. The molecule has 0 saturated heterocycles. The minimum atomic E-state index is -0.581. The van der Waals surface area contributed by atoms with E-state index >= 15 is 0 Å². The van der Waals surface area contributed by atoms with Crippen LogP contribution in [0.1, 0.15) is 23.1 Å². The largest absolute Gasteiger partial charge is 0.280 e. The van der Waals surface area contributed by atoms with E-state index in [0.717, 1.165) is 23.4 Å². The van der Waals surface area contributed by atoms with Crippen LogP contribution in [0.15, 0.2) is 115 Å². The number of benzene rings is 4. The molecule has 1 spiro atoms. The highest BCUT2D eigenvalue weighted by Gasteiger charge is 2.77. The third-order valence-corrected chi connectivity index (χ3v) is 6.85. The number of hydrogen-bond donors (Lipinski definition) is 0. The Balaban J connectivity index is 1.62. The van der Waals surface area contributed by atoms with Crippen molar-refractivity contribution in [1.82, 2.24) is 0 Å². The lowest BCUT2D eigenvalue weighted by atomic mass is 9.77. The van der Waals surface area contributed by atoms with Crippen molar-refractivity contribution in [2.45, 2.75) is 17.3 Å². The van der Waals surface area contributed by atoms with Gasteiger partial charge in [-0.05, 0) is 41.3 Å². The zero-order valence-corrected chi connectivity index (χ0v) is 16.5. The lowest BCUT2D eigenvalue weighted by Gasteiger charge is -2.24. The van der Waals surface area contributed by atoms with Gasteiger partial charge in [-0.2, -0.15) is 0 Å². The Kier molecular flexibility index (Phi) is 3.54. The lowest BCUT2D eigenvalue weighted by molar-refractivity contribution is -0.119. The second-order valence-electron chi connectivity index (χ2n) is 8.21. The molecule has 30 heavy (non-hydrogen) atoms. The summed E-state index contributed by atoms with van der Waals surface area (Å²) in [5, 5.41) is 0. The molecule has 0 aromatic heterocycles. The fourth-order valence-electron chi connectivity index (χ4n) is 5.52. The fourth-order valence-corrected chi connectivity index (χ4v) is 5.52. The topological polar surface area (TPSA) is 20.3 Å². The van der Waals surface area contributed by atoms with E-state index in [0.29, 0.717) is 0 Å². The molecule has 2 heteroatoms. The molecule has 4 aromatic rings. The molecule has 1 aliphatic heterocycles. The Morgan fingerprint density at radius 1 is 0.567 bits per heavy atom. The molecular weight excluding hydrogens is 366 g/mol. The van der Waals surface area contributed by atoms with Gasteiger partial charge in [-0.15, -0.1) is 0 Å². The normalized spacial score (nSPS) is 20.9. The van der Waals surface area contributed by atoms with Gasteiger partial charge in [-0.3, -0.25) is 9.69 Å². The van der Waals surface area contributed by atoms with Crippen molar-refractivity contribution in [3.8, 4) is 0 Å². The summed E-state index contributed by atoms with van der Waals surface area (Å²) in [5.41, 5.74) is 4.53. The Labute approximate surface area is 176 Å². The van der Waals surface area contributed by atoms with Crippen LogP contribution in [0.5, 0.6) is 0 Å². The van der Waals surface area contributed by atoms with E-state index in [2.05, 4.69) is 66.7 Å². The minimum absolute atomic E-state index is 0.169. The van der Waals surface area contributed by atoms with E-state index in [9.17, 15) is 4.79 Å². The standard InChI is InChI=1S/C28H21NO/c30-26-28(24-18-10-11-19-25(24)29(26)23-16-8-3-9-17-23)20-27(28,21-12-4-1-5-13-21)22-14-6-2-7-15-22/h1-19H,20H2. The smallest absolute Gasteiger partial charge is 0.243 e. The molecule has 144 valence electrons. The summed E-state index contributed by atoms with van der Waals surface area (Å²) in [6.07, 6.45) is 0.785. The summed E-state index contributed by atoms with van der Waals surface area (Å²) in [5.74, 6) is 0.169. The van der Waals surface area contributed by atoms with Crippen LogP contribution < -0.4 is 4.90 Å². The fraction of sp³-hybridized carbons (Fsp3) is 0.107. The average molecular weight is 387 g/mol. The third kappa shape index (κ3) is 2.06. The van der Waals surface area contributed by atoms with Crippen LogP contribution in [0.4, 0.5) is 11.4 Å². The number of hydrogen-bond acceptors (Lipinski definition) is 1. The van der Waals surface area contributed by atoms with Gasteiger partial charge in [0.1, 0.15) is 0 Å². The van der Waals surface area contributed by atoms with Gasteiger partial charge in [0.25, 0.3) is 0 Å². The van der Waals surface area contributed by atoms with Crippen LogP contribution in [-0.2, 0) is 15.6 Å². The molecule has 4 aromatic carbocycles. The first-order chi connectivity index (χ1) is 14.8. The van der Waals surface area contributed by atoms with Crippen molar-refractivity contribution in [1.29, 1.82) is 0 Å². The maximum absolute atomic E-state index is 14.2. The highest BCUT2D eigenvalue weighted by Crippen LogP contribution is 2.73. The van der Waals surface area contributed by atoms with Crippen molar-refractivity contribution < 1.29 is 4.79 Å². The van der Waals surface area contributed by atoms with Crippen molar-refractivity contribution in [3.05, 3.63) is 132 Å². The van der Waals surface area contributed by atoms with Gasteiger partial charge < -0.3 is 0 Å². The maximum atomic E-state index is 14.2. The molecule has 0 N–H and O–H groups in total. The van der Waals surface area contributed by atoms with Crippen LogP contribution in [-0.4, -0.2) is 5.91 Å². The molecule has 0 bridgehead atoms. The molecule has 1 amide bonds. The molecule has 1 unspecified atom stereocenters. The molecule has 1 atom stereocenters. The van der Waals surface area contributed by atoms with Gasteiger partial charge >= 0.3 is 0 Å². The van der Waals surface area contributed by atoms with E-state index in [4.69, 9.17) is 0 Å². The van der Waals surface area contributed by atoms with E-state index < -0.39 is 5.41 Å². The SMILES string of the molecule is O=C1N(c2ccccc2)c2ccccc2C12CC2(c1ccccc1)c1ccccc1. The van der Waals surface area contributed by atoms with Crippen LogP contribution in [0.25, 0.3) is 0 Å². The zero-order valence-electron chi connectivity index (χ0n) is 16.5. The van der Waals surface area contributed by atoms with Gasteiger partial charge in [0.05, 0.1) is 11.1 Å². The van der Waals surface area contributed by atoms with Gasteiger partial charge in [-0.25, -0.2) is 0 Å². The number of carbonyl (C=O) groups is 1. The molecule has 6 rings (SSSR count). The predicted octanol–water partition coefficient (Wildman–Crippen LogP) is 5.99. The van der Waals surface area contributed by atoms with Crippen LogP contribution in [0, 0.1) is 0 Å². The van der Waals surface area contributed by atoms with Crippen LogP contribution >= 0.6 is 0 Å². The summed E-state index contributed by atoms with van der Waals surface area (Å²) >= 11 is 0. The summed E-state index contributed by atoms with van der Waals surface area (Å²) in [6.45, 7) is 0. The van der Waals surface area contributed by atoms with E-state index in [1.807, 2.05) is 53.4 Å². The molecule has 1 aliphatic carbocycles. The summed E-state index contributed by atoms with van der Waals surface area (Å²) < 4.78 is 0. The van der Waals surface area contributed by atoms with E-state index in [-0.39, 0.29) is 11.3 Å². The summed E-state index contributed by atoms with van der Waals surface area (Å²) in [7, 11) is 0. The van der Waals surface area contributed by atoms with E-state index in [1.54, 1.807) is 0 Å². The van der Waals surface area contributed by atoms with Gasteiger partial charge in [0.2, 0.25) is 5.91 Å². The Morgan fingerprint density at radius 3 is 1.67 bits per heavy atom. The molecule has 2 aliphatic rings. The van der Waals surface area contributed by atoms with Gasteiger partial charge in [0, 0.05) is 11.1 Å². The Morgan fingerprint density at radius 2 is 1.07 bits per heavy atom. The van der Waals surface area contributed by atoms with Crippen molar-refractivity contribution in [2.24, 2.45) is 0 Å². The quantitative estimate of drug-likeness (QED) is 0.423. The monoisotopic (exact) mass is 387 g/mol. The first kappa shape index (κ1) is 17.2. The highest BCUT2D eigenvalue weighted by molar-refractivity contribution is 6.17. The highest BCUT2D eigenvalue weighted by atomic mass is 16.2. The molecule has 2 nitrogen and oxygen atoms in total. The minimum Gasteiger partial charge on any atom is -0.280 e. The van der Waals surface area contributed by atoms with Gasteiger partial charge in [-0.1, -0.05) is 97.1 Å². The molecule has 1 saturated carbocycles. The van der Waals surface area contributed by atoms with Crippen LogP contribution in [0.2, 0.25) is 0 Å². The first-order valence-corrected chi connectivity index (χ1v) is 10.4. The molecule has 1 heterocycles. The molecular formula is C28H21NO. The molecule has 1 fully saturated rings. The van der Waals surface area contributed by atoms with Crippen LogP contribution in [0.3, 0.4) is 0 Å². The second-order valence-corrected chi connectivity index (χ2v) is 8.21. The number of amides is 1. The Bertz CT molecular complexity index is 1190. The number of carbonyl (C=O) groups excluding carboxylic acids is 1. The van der Waals surface area contributed by atoms with Gasteiger partial charge in [0.15, 0.2) is 0 Å². The number of anilines is 2. The first-order valence-electron chi connectivity index (χ1n) is 10.4. The van der Waals surface area contributed by atoms with Crippen molar-refractivity contribution in [2.75, 3.05) is 4.90 Å². The number of para-hydroxylation sites is 2. The number of nitrogens with zero attached hydrogens (tertiary/aromatic N) is 1.